The van der Waals surface area contributed by atoms with E-state index in [1.807, 2.05) is 24.3 Å². The monoisotopic (exact) mass is 315 g/mol. The molecule has 3 nitrogen and oxygen atoms in total. The van der Waals surface area contributed by atoms with Crippen molar-refractivity contribution in [2.24, 2.45) is 0 Å². The van der Waals surface area contributed by atoms with Gasteiger partial charge in [0.05, 0.1) is 18.6 Å². The Morgan fingerprint density at radius 1 is 1.18 bits per heavy atom. The smallest absolute Gasteiger partial charge is 0.234 e. The number of nitrogens with one attached hydrogen (secondary N) is 1. The molecule has 2 aromatic rings. The first-order chi connectivity index (χ1) is 10.6. The Morgan fingerprint density at radius 3 is 2.73 bits per heavy atom. The van der Waals surface area contributed by atoms with Gasteiger partial charge in [0, 0.05) is 5.75 Å². The summed E-state index contributed by atoms with van der Waals surface area (Å²) in [5.74, 6) is 1.92. The molecule has 0 aliphatic heterocycles. The topological polar surface area (TPSA) is 38.3 Å². The fourth-order valence-electron chi connectivity index (χ4n) is 2.14. The molecule has 0 radical (unpaired) electrons. The van der Waals surface area contributed by atoms with Crippen molar-refractivity contribution in [3.8, 4) is 5.75 Å². The van der Waals surface area contributed by atoms with Crippen LogP contribution in [0.2, 0.25) is 0 Å². The minimum absolute atomic E-state index is 0.0141. The number of hydrogen-bond acceptors (Lipinski definition) is 3. The van der Waals surface area contributed by atoms with Crippen molar-refractivity contribution in [2.45, 2.75) is 19.6 Å². The van der Waals surface area contributed by atoms with Crippen molar-refractivity contribution in [2.75, 3.05) is 18.2 Å². The van der Waals surface area contributed by atoms with Gasteiger partial charge in [-0.3, -0.25) is 4.79 Å². The maximum Gasteiger partial charge on any atom is 0.234 e. The Labute approximate surface area is 136 Å². The number of aryl methyl sites for hydroxylation is 2. The van der Waals surface area contributed by atoms with Gasteiger partial charge >= 0.3 is 0 Å². The van der Waals surface area contributed by atoms with Crippen molar-refractivity contribution in [3.05, 3.63) is 59.2 Å². The van der Waals surface area contributed by atoms with Crippen LogP contribution >= 0.6 is 11.8 Å². The normalized spacial score (nSPS) is 10.3. The lowest BCUT2D eigenvalue weighted by Gasteiger charge is -2.10. The molecule has 0 aliphatic carbocycles. The van der Waals surface area contributed by atoms with E-state index < -0.39 is 0 Å². The van der Waals surface area contributed by atoms with E-state index in [1.165, 1.54) is 16.7 Å². The first kappa shape index (κ1) is 16.4. The lowest BCUT2D eigenvalue weighted by Crippen LogP contribution is -2.14. The Kier molecular flexibility index (Phi) is 5.90. The fraction of sp³-hybridized carbons (Fsp3) is 0.278. The summed E-state index contributed by atoms with van der Waals surface area (Å²) in [6.07, 6.45) is 0. The molecule has 0 saturated carbocycles. The standard InChI is InChI=1S/C18H21NO2S/c1-13-8-9-14(2)15(10-13)11-22-12-18(20)19-16-6-4-5-7-17(16)21-3/h4-10H,11-12H2,1-3H3,(H,19,20). The number of hydrogen-bond donors (Lipinski definition) is 1. The summed E-state index contributed by atoms with van der Waals surface area (Å²) in [7, 11) is 1.60. The molecule has 2 aromatic carbocycles. The maximum absolute atomic E-state index is 12.0. The Hall–Kier alpha value is -1.94. The highest BCUT2D eigenvalue weighted by atomic mass is 32.2. The average molecular weight is 315 g/mol. The molecule has 0 heterocycles. The van der Waals surface area contributed by atoms with Crippen LogP contribution in [0, 0.1) is 13.8 Å². The summed E-state index contributed by atoms with van der Waals surface area (Å²) in [6.45, 7) is 4.19. The number of benzene rings is 2. The molecular weight excluding hydrogens is 294 g/mol. The van der Waals surface area contributed by atoms with Gasteiger partial charge in [-0.2, -0.15) is 0 Å². The van der Waals surface area contributed by atoms with Crippen LogP contribution in [0.5, 0.6) is 5.75 Å². The minimum atomic E-state index is -0.0141. The predicted molar refractivity (Wildman–Crippen MR) is 93.7 cm³/mol. The van der Waals surface area contributed by atoms with Crippen LogP contribution in [-0.4, -0.2) is 18.8 Å². The van der Waals surface area contributed by atoms with Gasteiger partial charge < -0.3 is 10.1 Å². The summed E-state index contributed by atoms with van der Waals surface area (Å²) in [5, 5.41) is 2.89. The molecule has 0 unspecified atom stereocenters. The summed E-state index contributed by atoms with van der Waals surface area (Å²) < 4.78 is 5.23. The number of carbonyl (C=O) groups excluding carboxylic acids is 1. The number of anilines is 1. The number of rotatable bonds is 6. The van der Waals surface area contributed by atoms with Crippen molar-refractivity contribution >= 4 is 23.4 Å². The molecule has 0 aromatic heterocycles. The molecule has 1 N–H and O–H groups in total. The second kappa shape index (κ2) is 7.90. The molecule has 4 heteroatoms. The van der Waals surface area contributed by atoms with Crippen molar-refractivity contribution in [1.29, 1.82) is 0 Å². The van der Waals surface area contributed by atoms with Crippen LogP contribution < -0.4 is 10.1 Å². The van der Waals surface area contributed by atoms with Crippen LogP contribution in [0.3, 0.4) is 0 Å². The Balaban J connectivity index is 1.87. The number of ether oxygens (including phenoxy) is 1. The molecule has 116 valence electrons. The van der Waals surface area contributed by atoms with Gasteiger partial charge in [0.15, 0.2) is 0 Å². The highest BCUT2D eigenvalue weighted by molar-refractivity contribution is 7.99. The average Bonchev–Trinajstić information content (AvgIpc) is 2.51. The van der Waals surface area contributed by atoms with Gasteiger partial charge in [0.25, 0.3) is 0 Å². The zero-order valence-electron chi connectivity index (χ0n) is 13.2. The highest BCUT2D eigenvalue weighted by Crippen LogP contribution is 2.23. The number of methoxy groups -OCH3 is 1. The fourth-order valence-corrected chi connectivity index (χ4v) is 3.03. The van der Waals surface area contributed by atoms with Gasteiger partial charge in [-0.15, -0.1) is 11.8 Å². The Morgan fingerprint density at radius 2 is 1.95 bits per heavy atom. The quantitative estimate of drug-likeness (QED) is 0.869. The summed E-state index contributed by atoms with van der Waals surface area (Å²) in [5.41, 5.74) is 4.51. The lowest BCUT2D eigenvalue weighted by atomic mass is 10.1. The molecular formula is C18H21NO2S. The minimum Gasteiger partial charge on any atom is -0.495 e. The van der Waals surface area contributed by atoms with E-state index in [1.54, 1.807) is 18.9 Å². The van der Waals surface area contributed by atoms with E-state index in [4.69, 9.17) is 4.74 Å². The number of carbonyl (C=O) groups is 1. The van der Waals surface area contributed by atoms with Crippen LogP contribution in [-0.2, 0) is 10.5 Å². The summed E-state index contributed by atoms with van der Waals surface area (Å²) >= 11 is 1.62. The number of amides is 1. The second-order valence-corrected chi connectivity index (χ2v) is 6.16. The van der Waals surface area contributed by atoms with Crippen LogP contribution in [0.4, 0.5) is 5.69 Å². The van der Waals surface area contributed by atoms with E-state index >= 15 is 0 Å². The maximum atomic E-state index is 12.0. The third kappa shape index (κ3) is 4.53. The summed E-state index contributed by atoms with van der Waals surface area (Å²) in [4.78, 5) is 12.0. The zero-order valence-corrected chi connectivity index (χ0v) is 14.0. The van der Waals surface area contributed by atoms with Crippen LogP contribution in [0.1, 0.15) is 16.7 Å². The van der Waals surface area contributed by atoms with Gasteiger partial charge in [0.1, 0.15) is 5.75 Å². The van der Waals surface area contributed by atoms with Crippen LogP contribution in [0.15, 0.2) is 42.5 Å². The van der Waals surface area contributed by atoms with Gasteiger partial charge in [-0.25, -0.2) is 0 Å². The largest absolute Gasteiger partial charge is 0.495 e. The molecule has 22 heavy (non-hydrogen) atoms. The van der Waals surface area contributed by atoms with E-state index in [-0.39, 0.29) is 5.91 Å². The molecule has 1 amide bonds. The van der Waals surface area contributed by atoms with E-state index in [2.05, 4.69) is 37.4 Å². The second-order valence-electron chi connectivity index (χ2n) is 5.17. The van der Waals surface area contributed by atoms with E-state index in [9.17, 15) is 4.79 Å². The zero-order chi connectivity index (χ0) is 15.9. The molecule has 0 bridgehead atoms. The predicted octanol–water partition coefficient (Wildman–Crippen LogP) is 4.18. The van der Waals surface area contributed by atoms with E-state index in [0.29, 0.717) is 17.2 Å². The van der Waals surface area contributed by atoms with E-state index in [0.717, 1.165) is 5.75 Å². The molecule has 0 fully saturated rings. The van der Waals surface area contributed by atoms with Crippen molar-refractivity contribution in [1.82, 2.24) is 0 Å². The van der Waals surface area contributed by atoms with Crippen LogP contribution in [0.25, 0.3) is 0 Å². The SMILES string of the molecule is COc1ccccc1NC(=O)CSCc1cc(C)ccc1C. The lowest BCUT2D eigenvalue weighted by molar-refractivity contribution is -0.113. The first-order valence-corrected chi connectivity index (χ1v) is 8.32. The first-order valence-electron chi connectivity index (χ1n) is 7.17. The molecule has 0 spiro atoms. The summed E-state index contributed by atoms with van der Waals surface area (Å²) in [6, 6.07) is 13.8. The molecule has 0 atom stereocenters. The Bertz CT molecular complexity index is 655. The molecule has 0 saturated heterocycles. The third-order valence-corrected chi connectivity index (χ3v) is 4.36. The third-order valence-electron chi connectivity index (χ3n) is 3.38. The van der Waals surface area contributed by atoms with Gasteiger partial charge in [-0.1, -0.05) is 35.9 Å². The van der Waals surface area contributed by atoms with Crippen molar-refractivity contribution in [3.63, 3.8) is 0 Å². The number of para-hydroxylation sites is 2. The van der Waals surface area contributed by atoms with Gasteiger partial charge in [-0.05, 0) is 37.1 Å². The molecule has 0 aliphatic rings. The number of thioether (sulfide) groups is 1. The van der Waals surface area contributed by atoms with Gasteiger partial charge in [0.2, 0.25) is 5.91 Å². The highest BCUT2D eigenvalue weighted by Gasteiger charge is 2.07. The molecule has 2 rings (SSSR count). The van der Waals surface area contributed by atoms with Crippen molar-refractivity contribution < 1.29 is 9.53 Å².